The average Bonchev–Trinajstić information content (AvgIpc) is 2.69. The molecule has 1 aliphatic heterocycles. The number of aromatic nitrogens is 1. The molecule has 2 rings (SSSR count). The molecule has 2 heterocycles. The number of nitrogens with one attached hydrogen (secondary N) is 1. The second kappa shape index (κ2) is 6.27. The van der Waals surface area contributed by atoms with Gasteiger partial charge in [0.25, 0.3) is 0 Å². The van der Waals surface area contributed by atoms with Gasteiger partial charge in [0, 0.05) is 18.0 Å². The van der Waals surface area contributed by atoms with E-state index in [4.69, 9.17) is 0 Å². The molecule has 1 aromatic rings. The number of thioether (sulfide) groups is 1. The maximum absolute atomic E-state index is 4.27. The van der Waals surface area contributed by atoms with Gasteiger partial charge in [-0.3, -0.25) is 0 Å². The molecule has 0 saturated carbocycles. The summed E-state index contributed by atoms with van der Waals surface area (Å²) in [4.78, 5) is 4.27. The van der Waals surface area contributed by atoms with Gasteiger partial charge in [-0.1, -0.05) is 6.07 Å². The van der Waals surface area contributed by atoms with Gasteiger partial charge in [0.05, 0.1) is 5.03 Å². The van der Waals surface area contributed by atoms with Crippen molar-refractivity contribution in [3.05, 3.63) is 24.4 Å². The molecule has 78 valence electrons. The van der Waals surface area contributed by atoms with E-state index in [-0.39, 0.29) is 12.4 Å². The van der Waals surface area contributed by atoms with Crippen LogP contribution in [0, 0.1) is 0 Å². The van der Waals surface area contributed by atoms with E-state index in [1.807, 2.05) is 30.1 Å². The predicted octanol–water partition coefficient (Wildman–Crippen LogP) is 2.35. The maximum Gasteiger partial charge on any atom is 0.0960 e. The number of hydrogen-bond donors (Lipinski definition) is 1. The lowest BCUT2D eigenvalue weighted by Crippen LogP contribution is -2.23. The van der Waals surface area contributed by atoms with Crippen molar-refractivity contribution in [1.82, 2.24) is 10.3 Å². The minimum Gasteiger partial charge on any atom is -0.313 e. The third-order valence-electron chi connectivity index (χ3n) is 2.23. The molecule has 0 aromatic carbocycles. The number of hydrogen-bond acceptors (Lipinski definition) is 3. The van der Waals surface area contributed by atoms with Crippen LogP contribution in [0.5, 0.6) is 0 Å². The summed E-state index contributed by atoms with van der Waals surface area (Å²) in [6.07, 6.45) is 4.50. The van der Waals surface area contributed by atoms with Crippen molar-refractivity contribution in [2.75, 3.05) is 12.3 Å². The summed E-state index contributed by atoms with van der Waals surface area (Å²) < 4.78 is 0. The number of nitrogens with zero attached hydrogens (tertiary/aromatic N) is 1. The number of halogens is 1. The van der Waals surface area contributed by atoms with Crippen LogP contribution in [0.15, 0.2) is 29.4 Å². The van der Waals surface area contributed by atoms with Crippen LogP contribution in [-0.2, 0) is 0 Å². The molecule has 1 saturated heterocycles. The lowest BCUT2D eigenvalue weighted by molar-refractivity contribution is 0.673. The SMILES string of the molecule is Cl.c1ccc(SCC2CCCN2)nc1. The fourth-order valence-electron chi connectivity index (χ4n) is 1.52. The van der Waals surface area contributed by atoms with Crippen molar-refractivity contribution in [2.24, 2.45) is 0 Å². The highest BCUT2D eigenvalue weighted by Gasteiger charge is 2.13. The summed E-state index contributed by atoms with van der Waals surface area (Å²) >= 11 is 1.84. The first-order valence-corrected chi connectivity index (χ1v) is 5.71. The van der Waals surface area contributed by atoms with E-state index in [9.17, 15) is 0 Å². The van der Waals surface area contributed by atoms with Crippen LogP contribution < -0.4 is 5.32 Å². The van der Waals surface area contributed by atoms with Crippen molar-refractivity contribution >= 4 is 24.2 Å². The highest BCUT2D eigenvalue weighted by Crippen LogP contribution is 2.18. The molecule has 0 bridgehead atoms. The van der Waals surface area contributed by atoms with Crippen molar-refractivity contribution in [3.8, 4) is 0 Å². The van der Waals surface area contributed by atoms with E-state index in [2.05, 4.69) is 16.4 Å². The van der Waals surface area contributed by atoms with Gasteiger partial charge in [-0.15, -0.1) is 24.2 Å². The third kappa shape index (κ3) is 3.48. The topological polar surface area (TPSA) is 24.9 Å². The minimum absolute atomic E-state index is 0. The molecule has 1 N–H and O–H groups in total. The smallest absolute Gasteiger partial charge is 0.0960 e. The Hall–Kier alpha value is -0.250. The fraction of sp³-hybridized carbons (Fsp3) is 0.500. The van der Waals surface area contributed by atoms with Gasteiger partial charge in [-0.25, -0.2) is 4.98 Å². The van der Waals surface area contributed by atoms with E-state index >= 15 is 0 Å². The molecule has 1 fully saturated rings. The van der Waals surface area contributed by atoms with Gasteiger partial charge in [-0.05, 0) is 31.5 Å². The molecule has 14 heavy (non-hydrogen) atoms. The Bertz CT molecular complexity index is 250. The Morgan fingerprint density at radius 1 is 1.50 bits per heavy atom. The van der Waals surface area contributed by atoms with E-state index in [0.717, 1.165) is 10.8 Å². The van der Waals surface area contributed by atoms with Crippen molar-refractivity contribution in [1.29, 1.82) is 0 Å². The van der Waals surface area contributed by atoms with Crippen molar-refractivity contribution in [2.45, 2.75) is 23.9 Å². The van der Waals surface area contributed by atoms with E-state index in [1.54, 1.807) is 0 Å². The molecule has 2 nitrogen and oxygen atoms in total. The van der Waals surface area contributed by atoms with E-state index in [0.29, 0.717) is 6.04 Å². The Balaban J connectivity index is 0.000000980. The van der Waals surface area contributed by atoms with Crippen molar-refractivity contribution < 1.29 is 0 Å². The largest absolute Gasteiger partial charge is 0.313 e. The molecule has 1 unspecified atom stereocenters. The van der Waals surface area contributed by atoms with Crippen LogP contribution in [0.2, 0.25) is 0 Å². The van der Waals surface area contributed by atoms with E-state index in [1.165, 1.54) is 19.4 Å². The zero-order valence-corrected chi connectivity index (χ0v) is 9.61. The lowest BCUT2D eigenvalue weighted by atomic mass is 10.3. The number of pyridine rings is 1. The summed E-state index contributed by atoms with van der Waals surface area (Å²) in [5.41, 5.74) is 0. The molecule has 1 atom stereocenters. The first kappa shape index (κ1) is 11.8. The lowest BCUT2D eigenvalue weighted by Gasteiger charge is -2.07. The second-order valence-electron chi connectivity index (χ2n) is 3.27. The molecule has 0 amide bonds. The van der Waals surface area contributed by atoms with Gasteiger partial charge in [-0.2, -0.15) is 0 Å². The molecule has 1 aromatic heterocycles. The first-order chi connectivity index (χ1) is 6.45. The van der Waals surface area contributed by atoms with Crippen molar-refractivity contribution in [3.63, 3.8) is 0 Å². The average molecular weight is 231 g/mol. The first-order valence-electron chi connectivity index (χ1n) is 4.72. The molecular formula is C10H15ClN2S. The van der Waals surface area contributed by atoms with Gasteiger partial charge < -0.3 is 5.32 Å². The quantitative estimate of drug-likeness (QED) is 0.807. The molecule has 0 spiro atoms. The van der Waals surface area contributed by atoms with Crippen LogP contribution in [0.3, 0.4) is 0 Å². The normalized spacial score (nSPS) is 20.4. The summed E-state index contributed by atoms with van der Waals surface area (Å²) in [5, 5.41) is 4.61. The summed E-state index contributed by atoms with van der Waals surface area (Å²) in [6, 6.07) is 6.77. The predicted molar refractivity (Wildman–Crippen MR) is 63.2 cm³/mol. The molecule has 0 aliphatic carbocycles. The van der Waals surface area contributed by atoms with Crippen LogP contribution >= 0.6 is 24.2 Å². The highest BCUT2D eigenvalue weighted by molar-refractivity contribution is 7.99. The van der Waals surface area contributed by atoms with Crippen LogP contribution in [0.25, 0.3) is 0 Å². The Morgan fingerprint density at radius 3 is 3.07 bits per heavy atom. The second-order valence-corrected chi connectivity index (χ2v) is 4.31. The van der Waals surface area contributed by atoms with E-state index < -0.39 is 0 Å². The zero-order chi connectivity index (χ0) is 8.93. The molecule has 0 radical (unpaired) electrons. The van der Waals surface area contributed by atoms with Gasteiger partial charge in [0.15, 0.2) is 0 Å². The summed E-state index contributed by atoms with van der Waals surface area (Å²) in [5.74, 6) is 1.15. The summed E-state index contributed by atoms with van der Waals surface area (Å²) in [7, 11) is 0. The molecule has 4 heteroatoms. The van der Waals surface area contributed by atoms with Gasteiger partial charge >= 0.3 is 0 Å². The van der Waals surface area contributed by atoms with Gasteiger partial charge in [0.2, 0.25) is 0 Å². The van der Waals surface area contributed by atoms with Crippen LogP contribution in [0.1, 0.15) is 12.8 Å². The molecule has 1 aliphatic rings. The molecular weight excluding hydrogens is 216 g/mol. The minimum atomic E-state index is 0. The Labute approximate surface area is 95.3 Å². The fourth-order valence-corrected chi connectivity index (χ4v) is 2.48. The maximum atomic E-state index is 4.27. The Kier molecular flexibility index (Phi) is 5.30. The number of rotatable bonds is 3. The Morgan fingerprint density at radius 2 is 2.43 bits per heavy atom. The van der Waals surface area contributed by atoms with Crippen LogP contribution in [-0.4, -0.2) is 23.3 Å². The van der Waals surface area contributed by atoms with Gasteiger partial charge in [0.1, 0.15) is 0 Å². The summed E-state index contributed by atoms with van der Waals surface area (Å²) in [6.45, 7) is 1.19. The standard InChI is InChI=1S/C10H14N2S.ClH/c1-2-6-12-10(5-1)13-8-9-4-3-7-11-9;/h1-2,5-6,9,11H,3-4,7-8H2;1H. The monoisotopic (exact) mass is 230 g/mol. The third-order valence-corrected chi connectivity index (χ3v) is 3.34. The highest BCUT2D eigenvalue weighted by atomic mass is 35.5. The zero-order valence-electron chi connectivity index (χ0n) is 7.98. The van der Waals surface area contributed by atoms with Crippen LogP contribution in [0.4, 0.5) is 0 Å².